The topological polar surface area (TPSA) is 43.8 Å². The van der Waals surface area contributed by atoms with Crippen molar-refractivity contribution < 1.29 is 0 Å². The van der Waals surface area contributed by atoms with Crippen LogP contribution in [0.1, 0.15) is 22.2 Å². The first-order valence-electron chi connectivity index (χ1n) is 7.15. The zero-order chi connectivity index (χ0) is 14.5. The first-order valence-corrected chi connectivity index (χ1v) is 8.03. The number of benzene rings is 1. The van der Waals surface area contributed by atoms with Gasteiger partial charge < -0.3 is 10.3 Å². The van der Waals surface area contributed by atoms with E-state index in [1.54, 1.807) is 11.3 Å². The highest BCUT2D eigenvalue weighted by Gasteiger charge is 2.12. The molecule has 3 rings (SSSR count). The van der Waals surface area contributed by atoms with Gasteiger partial charge in [0.25, 0.3) is 0 Å². The fourth-order valence-electron chi connectivity index (χ4n) is 2.48. The largest absolute Gasteiger partial charge is 0.333 e. The van der Waals surface area contributed by atoms with E-state index >= 15 is 0 Å². The Hall–Kier alpha value is -1.91. The Labute approximate surface area is 129 Å². The zero-order valence-corrected chi connectivity index (χ0v) is 12.7. The second kappa shape index (κ2) is 6.70. The number of hydrogen-bond acceptors (Lipinski definition) is 3. The summed E-state index contributed by atoms with van der Waals surface area (Å²) in [5.41, 5.74) is 8.73. The van der Waals surface area contributed by atoms with Crippen LogP contribution >= 0.6 is 11.3 Å². The summed E-state index contributed by atoms with van der Waals surface area (Å²) < 4.78 is 2.17. The summed E-state index contributed by atoms with van der Waals surface area (Å²) in [5, 5.41) is 2.12. The van der Waals surface area contributed by atoms with Gasteiger partial charge >= 0.3 is 0 Å². The van der Waals surface area contributed by atoms with Gasteiger partial charge in [-0.1, -0.05) is 36.4 Å². The van der Waals surface area contributed by atoms with Gasteiger partial charge in [0.15, 0.2) is 0 Å². The van der Waals surface area contributed by atoms with E-state index < -0.39 is 0 Å². The van der Waals surface area contributed by atoms with Gasteiger partial charge in [0.1, 0.15) is 0 Å². The van der Waals surface area contributed by atoms with Crippen molar-refractivity contribution in [1.82, 2.24) is 9.55 Å². The normalized spacial score (nSPS) is 12.4. The summed E-state index contributed by atoms with van der Waals surface area (Å²) in [5.74, 6) is 0. The number of imidazole rings is 1. The van der Waals surface area contributed by atoms with Gasteiger partial charge in [0.2, 0.25) is 0 Å². The Kier molecular flexibility index (Phi) is 4.48. The van der Waals surface area contributed by atoms with E-state index in [2.05, 4.69) is 51.3 Å². The van der Waals surface area contributed by atoms with E-state index in [-0.39, 0.29) is 6.04 Å². The third kappa shape index (κ3) is 3.60. The van der Waals surface area contributed by atoms with Crippen molar-refractivity contribution in [2.24, 2.45) is 5.73 Å². The Morgan fingerprint density at radius 3 is 2.76 bits per heavy atom. The molecule has 0 saturated carbocycles. The molecule has 2 heterocycles. The number of hydrogen-bond donors (Lipinski definition) is 1. The van der Waals surface area contributed by atoms with Crippen LogP contribution in [-0.4, -0.2) is 9.55 Å². The van der Waals surface area contributed by atoms with Crippen LogP contribution in [0.5, 0.6) is 0 Å². The smallest absolute Gasteiger partial charge is 0.0948 e. The number of nitrogens with two attached hydrogens (primary N) is 1. The van der Waals surface area contributed by atoms with Crippen molar-refractivity contribution in [3.63, 3.8) is 0 Å². The second-order valence-electron chi connectivity index (χ2n) is 5.14. The first kappa shape index (κ1) is 14.0. The standard InChI is InChI=1S/C17H19N3S/c18-16(11-14-5-2-1-3-6-14)17-12-19-13-20(17)9-8-15-7-4-10-21-15/h1-7,10,12-13,16H,8-9,11,18H2/t16-/m1/s1. The van der Waals surface area contributed by atoms with Crippen LogP contribution in [0.15, 0.2) is 60.4 Å². The molecule has 3 aromatic rings. The van der Waals surface area contributed by atoms with Crippen molar-refractivity contribution >= 4 is 11.3 Å². The van der Waals surface area contributed by atoms with Crippen LogP contribution in [0.3, 0.4) is 0 Å². The number of rotatable bonds is 6. The maximum atomic E-state index is 6.36. The number of thiophene rings is 1. The molecule has 1 aromatic carbocycles. The minimum atomic E-state index is -0.0155. The molecule has 0 unspecified atom stereocenters. The maximum Gasteiger partial charge on any atom is 0.0948 e. The van der Waals surface area contributed by atoms with E-state index in [0.717, 1.165) is 25.1 Å². The lowest BCUT2D eigenvalue weighted by Crippen LogP contribution is -2.18. The van der Waals surface area contributed by atoms with Crippen LogP contribution in [0.2, 0.25) is 0 Å². The Bertz CT molecular complexity index is 658. The average molecular weight is 297 g/mol. The molecule has 0 aliphatic heterocycles. The molecule has 108 valence electrons. The monoisotopic (exact) mass is 297 g/mol. The van der Waals surface area contributed by atoms with Crippen molar-refractivity contribution in [3.05, 3.63) is 76.5 Å². The van der Waals surface area contributed by atoms with Gasteiger partial charge in [-0.3, -0.25) is 0 Å². The molecule has 0 bridgehead atoms. The highest BCUT2D eigenvalue weighted by molar-refractivity contribution is 7.09. The lowest BCUT2D eigenvalue weighted by molar-refractivity contribution is 0.599. The zero-order valence-electron chi connectivity index (χ0n) is 11.9. The van der Waals surface area contributed by atoms with Crippen LogP contribution < -0.4 is 5.73 Å². The van der Waals surface area contributed by atoms with Crippen LogP contribution in [-0.2, 0) is 19.4 Å². The molecular weight excluding hydrogens is 278 g/mol. The Morgan fingerprint density at radius 1 is 1.14 bits per heavy atom. The van der Waals surface area contributed by atoms with Crippen LogP contribution in [0.4, 0.5) is 0 Å². The molecule has 2 N–H and O–H groups in total. The lowest BCUT2D eigenvalue weighted by Gasteiger charge is -2.14. The number of aromatic nitrogens is 2. The summed E-state index contributed by atoms with van der Waals surface area (Å²) >= 11 is 1.80. The minimum absolute atomic E-state index is 0.0155. The maximum absolute atomic E-state index is 6.36. The summed E-state index contributed by atoms with van der Waals surface area (Å²) in [4.78, 5) is 5.67. The van der Waals surface area contributed by atoms with Gasteiger partial charge in [-0.2, -0.15) is 0 Å². The second-order valence-corrected chi connectivity index (χ2v) is 6.17. The van der Waals surface area contributed by atoms with Crippen molar-refractivity contribution in [1.29, 1.82) is 0 Å². The fourth-order valence-corrected chi connectivity index (χ4v) is 3.18. The molecule has 0 fully saturated rings. The molecule has 1 atom stereocenters. The molecule has 3 nitrogen and oxygen atoms in total. The van der Waals surface area contributed by atoms with E-state index in [0.29, 0.717) is 0 Å². The highest BCUT2D eigenvalue weighted by Crippen LogP contribution is 2.17. The third-order valence-electron chi connectivity index (χ3n) is 3.60. The molecule has 0 saturated heterocycles. The van der Waals surface area contributed by atoms with Gasteiger partial charge in [0.05, 0.1) is 18.1 Å². The van der Waals surface area contributed by atoms with Gasteiger partial charge in [0, 0.05) is 17.6 Å². The summed E-state index contributed by atoms with van der Waals surface area (Å²) in [6.45, 7) is 0.929. The van der Waals surface area contributed by atoms with Crippen molar-refractivity contribution in [3.8, 4) is 0 Å². The predicted octanol–water partition coefficient (Wildman–Crippen LogP) is 3.43. The molecule has 0 spiro atoms. The fraction of sp³-hybridized carbons (Fsp3) is 0.235. The molecular formula is C17H19N3S. The molecule has 0 aliphatic rings. The van der Waals surface area contributed by atoms with E-state index in [1.807, 2.05) is 18.6 Å². The van der Waals surface area contributed by atoms with E-state index in [1.165, 1.54) is 10.4 Å². The average Bonchev–Trinajstić information content (AvgIpc) is 3.17. The lowest BCUT2D eigenvalue weighted by atomic mass is 10.0. The summed E-state index contributed by atoms with van der Waals surface area (Å²) in [7, 11) is 0. The molecule has 0 amide bonds. The van der Waals surface area contributed by atoms with Crippen molar-refractivity contribution in [2.75, 3.05) is 0 Å². The van der Waals surface area contributed by atoms with Crippen molar-refractivity contribution in [2.45, 2.75) is 25.4 Å². The number of nitrogens with zero attached hydrogens (tertiary/aromatic N) is 2. The Balaban J connectivity index is 1.66. The van der Waals surface area contributed by atoms with Gasteiger partial charge in [-0.05, 0) is 29.9 Å². The molecule has 0 radical (unpaired) electrons. The minimum Gasteiger partial charge on any atom is -0.333 e. The predicted molar refractivity (Wildman–Crippen MR) is 87.3 cm³/mol. The van der Waals surface area contributed by atoms with Gasteiger partial charge in [-0.25, -0.2) is 4.98 Å². The molecule has 2 aromatic heterocycles. The SMILES string of the molecule is N[C@H](Cc1ccccc1)c1cncn1CCc1cccs1. The molecule has 4 heteroatoms. The van der Waals surface area contributed by atoms with E-state index in [4.69, 9.17) is 5.73 Å². The van der Waals surface area contributed by atoms with Crippen LogP contribution in [0, 0.1) is 0 Å². The summed E-state index contributed by atoms with van der Waals surface area (Å²) in [6, 6.07) is 14.6. The number of aryl methyl sites for hydroxylation is 2. The molecule has 21 heavy (non-hydrogen) atoms. The van der Waals surface area contributed by atoms with Crippen LogP contribution in [0.25, 0.3) is 0 Å². The highest BCUT2D eigenvalue weighted by atomic mass is 32.1. The van der Waals surface area contributed by atoms with Gasteiger partial charge in [-0.15, -0.1) is 11.3 Å². The Morgan fingerprint density at radius 2 is 2.00 bits per heavy atom. The quantitative estimate of drug-likeness (QED) is 0.757. The molecule has 0 aliphatic carbocycles. The summed E-state index contributed by atoms with van der Waals surface area (Å²) in [6.07, 6.45) is 5.64. The first-order chi connectivity index (χ1) is 10.3. The van der Waals surface area contributed by atoms with E-state index in [9.17, 15) is 0 Å². The third-order valence-corrected chi connectivity index (χ3v) is 4.54.